The van der Waals surface area contributed by atoms with Crippen LogP contribution in [0.4, 0.5) is 4.79 Å². The summed E-state index contributed by atoms with van der Waals surface area (Å²) in [7, 11) is 1.45. The number of hydrogen-bond acceptors (Lipinski definition) is 5. The van der Waals surface area contributed by atoms with Crippen LogP contribution in [0.15, 0.2) is 18.2 Å². The molecule has 0 aromatic heterocycles. The van der Waals surface area contributed by atoms with E-state index in [4.69, 9.17) is 9.47 Å². The van der Waals surface area contributed by atoms with Crippen LogP contribution in [0.2, 0.25) is 0 Å². The summed E-state index contributed by atoms with van der Waals surface area (Å²) in [6.45, 7) is 3.23. The third-order valence-corrected chi connectivity index (χ3v) is 4.61. The summed E-state index contributed by atoms with van der Waals surface area (Å²) in [5.41, 5.74) is 0.486. The van der Waals surface area contributed by atoms with Crippen LogP contribution >= 0.6 is 0 Å². The number of rotatable bonds is 6. The lowest BCUT2D eigenvalue weighted by Crippen LogP contribution is -2.48. The Balaban J connectivity index is 1.84. The van der Waals surface area contributed by atoms with Crippen LogP contribution in [0, 0.1) is 5.92 Å². The van der Waals surface area contributed by atoms with Crippen molar-refractivity contribution in [2.75, 3.05) is 13.7 Å². The van der Waals surface area contributed by atoms with Gasteiger partial charge in [-0.25, -0.2) is 4.79 Å². The number of ether oxygens (including phenoxy) is 2. The van der Waals surface area contributed by atoms with Crippen molar-refractivity contribution in [2.45, 2.75) is 45.6 Å². The molecular formula is C19H26N2O5. The smallest absolute Gasteiger partial charge is 0.321 e. The molecule has 2 N–H and O–H groups in total. The van der Waals surface area contributed by atoms with Gasteiger partial charge in [0.25, 0.3) is 5.91 Å². The third kappa shape index (κ3) is 5.47. The van der Waals surface area contributed by atoms with Crippen molar-refractivity contribution in [3.05, 3.63) is 23.8 Å². The second kappa shape index (κ2) is 9.22. The Labute approximate surface area is 153 Å². The number of methoxy groups -OCH3 is 1. The third-order valence-electron chi connectivity index (χ3n) is 4.61. The monoisotopic (exact) mass is 362 g/mol. The molecule has 0 radical (unpaired) electrons. The van der Waals surface area contributed by atoms with E-state index in [0.717, 1.165) is 19.3 Å². The Morgan fingerprint density at radius 2 is 1.88 bits per heavy atom. The van der Waals surface area contributed by atoms with E-state index in [9.17, 15) is 14.4 Å². The van der Waals surface area contributed by atoms with E-state index >= 15 is 0 Å². The SMILES string of the molecule is COc1cc(C(C)=O)ccc1OCC(=O)NC(=O)N[C@H]1CCCC[C@@H]1C. The van der Waals surface area contributed by atoms with Gasteiger partial charge in [-0.3, -0.25) is 14.9 Å². The zero-order valence-corrected chi connectivity index (χ0v) is 15.5. The molecule has 3 amide bonds. The number of nitrogens with one attached hydrogen (secondary N) is 2. The lowest BCUT2D eigenvalue weighted by atomic mass is 9.86. The number of urea groups is 1. The average molecular weight is 362 g/mol. The van der Waals surface area contributed by atoms with Gasteiger partial charge in [0.15, 0.2) is 23.9 Å². The number of imide groups is 1. The fraction of sp³-hybridized carbons (Fsp3) is 0.526. The molecular weight excluding hydrogens is 336 g/mol. The van der Waals surface area contributed by atoms with Gasteiger partial charge in [0.1, 0.15) is 0 Å². The largest absolute Gasteiger partial charge is 0.493 e. The first kappa shape index (κ1) is 19.8. The van der Waals surface area contributed by atoms with Crippen LogP contribution in [-0.2, 0) is 4.79 Å². The number of benzene rings is 1. The second-order valence-corrected chi connectivity index (χ2v) is 6.60. The minimum Gasteiger partial charge on any atom is -0.493 e. The summed E-state index contributed by atoms with van der Waals surface area (Å²) < 4.78 is 10.6. The molecule has 0 bridgehead atoms. The Morgan fingerprint density at radius 1 is 1.15 bits per heavy atom. The average Bonchev–Trinajstić information content (AvgIpc) is 2.61. The maximum atomic E-state index is 12.0. The van der Waals surface area contributed by atoms with Gasteiger partial charge < -0.3 is 14.8 Å². The predicted molar refractivity (Wildman–Crippen MR) is 96.6 cm³/mol. The quantitative estimate of drug-likeness (QED) is 0.759. The number of amides is 3. The second-order valence-electron chi connectivity index (χ2n) is 6.60. The van der Waals surface area contributed by atoms with Crippen LogP contribution in [-0.4, -0.2) is 37.5 Å². The van der Waals surface area contributed by atoms with Gasteiger partial charge in [-0.05, 0) is 43.9 Å². The van der Waals surface area contributed by atoms with E-state index in [0.29, 0.717) is 23.0 Å². The molecule has 1 aliphatic rings. The van der Waals surface area contributed by atoms with Gasteiger partial charge in [0.05, 0.1) is 7.11 Å². The normalized spacial score (nSPS) is 19.3. The first-order valence-electron chi connectivity index (χ1n) is 8.82. The van der Waals surface area contributed by atoms with Crippen molar-refractivity contribution in [3.63, 3.8) is 0 Å². The van der Waals surface area contributed by atoms with Crippen LogP contribution in [0.1, 0.15) is 49.9 Å². The van der Waals surface area contributed by atoms with E-state index in [2.05, 4.69) is 17.6 Å². The highest BCUT2D eigenvalue weighted by Gasteiger charge is 2.23. The van der Waals surface area contributed by atoms with Crippen LogP contribution in [0.25, 0.3) is 0 Å². The van der Waals surface area contributed by atoms with E-state index in [1.165, 1.54) is 20.5 Å². The van der Waals surface area contributed by atoms with Gasteiger partial charge >= 0.3 is 6.03 Å². The van der Waals surface area contributed by atoms with Crippen molar-refractivity contribution in [3.8, 4) is 11.5 Å². The summed E-state index contributed by atoms with van der Waals surface area (Å²) >= 11 is 0. The topological polar surface area (TPSA) is 93.7 Å². The van der Waals surface area contributed by atoms with Gasteiger partial charge in [-0.1, -0.05) is 19.8 Å². The van der Waals surface area contributed by atoms with E-state index in [1.54, 1.807) is 18.2 Å². The van der Waals surface area contributed by atoms with Crippen LogP contribution in [0.3, 0.4) is 0 Å². The minimum atomic E-state index is -0.552. The van der Waals surface area contributed by atoms with E-state index in [1.807, 2.05) is 0 Å². The summed E-state index contributed by atoms with van der Waals surface area (Å²) in [4.78, 5) is 35.3. The van der Waals surface area contributed by atoms with Gasteiger partial charge in [-0.2, -0.15) is 0 Å². The number of carbonyl (C=O) groups is 3. The number of carbonyl (C=O) groups excluding carboxylic acids is 3. The molecule has 0 heterocycles. The molecule has 2 rings (SSSR count). The highest BCUT2D eigenvalue weighted by molar-refractivity contribution is 5.95. The Bertz CT molecular complexity index is 674. The zero-order valence-electron chi connectivity index (χ0n) is 15.5. The minimum absolute atomic E-state index is 0.0942. The molecule has 26 heavy (non-hydrogen) atoms. The molecule has 7 heteroatoms. The zero-order chi connectivity index (χ0) is 19.1. The standard InChI is InChI=1S/C19H26N2O5/c1-12-6-4-5-7-15(12)20-19(24)21-18(23)11-26-16-9-8-14(13(2)22)10-17(16)25-3/h8-10,12,15H,4-7,11H2,1-3H3,(H2,20,21,23,24)/t12-,15-/m0/s1. The molecule has 0 spiro atoms. The van der Waals surface area contributed by atoms with E-state index in [-0.39, 0.29) is 18.4 Å². The van der Waals surface area contributed by atoms with Crippen molar-refractivity contribution < 1.29 is 23.9 Å². The van der Waals surface area contributed by atoms with Gasteiger partial charge in [0.2, 0.25) is 0 Å². The highest BCUT2D eigenvalue weighted by Crippen LogP contribution is 2.28. The first-order valence-corrected chi connectivity index (χ1v) is 8.82. The van der Waals surface area contributed by atoms with Crippen molar-refractivity contribution in [1.29, 1.82) is 0 Å². The van der Waals surface area contributed by atoms with Crippen molar-refractivity contribution >= 4 is 17.7 Å². The number of Topliss-reactive ketones (excluding diaryl/α,β-unsaturated/α-hetero) is 1. The summed E-state index contributed by atoms with van der Waals surface area (Å²) in [5, 5.41) is 5.13. The number of ketones is 1. The lowest BCUT2D eigenvalue weighted by molar-refractivity contribution is -0.122. The molecule has 0 aliphatic heterocycles. The van der Waals surface area contributed by atoms with Crippen molar-refractivity contribution in [1.82, 2.24) is 10.6 Å². The summed E-state index contributed by atoms with van der Waals surface area (Å²) in [6.07, 6.45) is 4.28. The van der Waals surface area contributed by atoms with E-state index < -0.39 is 11.9 Å². The molecule has 2 atom stereocenters. The Hall–Kier alpha value is -2.57. The molecule has 1 aliphatic carbocycles. The van der Waals surface area contributed by atoms with Crippen molar-refractivity contribution in [2.24, 2.45) is 5.92 Å². The molecule has 1 aromatic rings. The Kier molecular flexibility index (Phi) is 7.00. The predicted octanol–water partition coefficient (Wildman–Crippen LogP) is 2.68. The molecule has 0 saturated heterocycles. The fourth-order valence-corrected chi connectivity index (χ4v) is 3.05. The molecule has 1 saturated carbocycles. The van der Waals surface area contributed by atoms with Gasteiger partial charge in [0, 0.05) is 11.6 Å². The lowest BCUT2D eigenvalue weighted by Gasteiger charge is -2.29. The Morgan fingerprint density at radius 3 is 2.54 bits per heavy atom. The van der Waals surface area contributed by atoms with Crippen LogP contribution < -0.4 is 20.1 Å². The number of hydrogen-bond donors (Lipinski definition) is 2. The van der Waals surface area contributed by atoms with Gasteiger partial charge in [-0.15, -0.1) is 0 Å². The fourth-order valence-electron chi connectivity index (χ4n) is 3.05. The molecule has 142 valence electrons. The van der Waals surface area contributed by atoms with Crippen LogP contribution in [0.5, 0.6) is 11.5 Å². The summed E-state index contributed by atoms with van der Waals surface area (Å²) in [6, 6.07) is 4.29. The molecule has 1 fully saturated rings. The maximum absolute atomic E-state index is 12.0. The summed E-state index contributed by atoms with van der Waals surface area (Å²) in [5.74, 6) is 0.440. The molecule has 7 nitrogen and oxygen atoms in total. The maximum Gasteiger partial charge on any atom is 0.321 e. The first-order chi connectivity index (χ1) is 12.4. The molecule has 0 unspecified atom stereocenters. The molecule has 1 aromatic carbocycles. The highest BCUT2D eigenvalue weighted by atomic mass is 16.5.